The number of thiophene rings is 1. The van der Waals surface area contributed by atoms with Crippen molar-refractivity contribution in [2.24, 2.45) is 0 Å². The van der Waals surface area contributed by atoms with Crippen LogP contribution in [-0.2, 0) is 4.79 Å². The number of thiazole rings is 1. The Bertz CT molecular complexity index is 1180. The van der Waals surface area contributed by atoms with Gasteiger partial charge in [0.1, 0.15) is 6.04 Å². The highest BCUT2D eigenvalue weighted by Crippen LogP contribution is 2.44. The average molecular weight is 422 g/mol. The molecule has 0 aliphatic carbocycles. The summed E-state index contributed by atoms with van der Waals surface area (Å²) in [5.74, 6) is -1.59. The SMILES string of the molecule is Cc1nc(C)c(C(=O)C2=C(O)C(=O)N(c3ccc(C#N)cc3)C2c2cccs2)s1. The molecule has 1 atom stereocenters. The average Bonchev–Trinajstić information content (AvgIpc) is 3.41. The maximum atomic E-state index is 13.4. The van der Waals surface area contributed by atoms with Crippen molar-refractivity contribution in [1.29, 1.82) is 5.26 Å². The van der Waals surface area contributed by atoms with Crippen molar-refractivity contribution in [2.75, 3.05) is 4.90 Å². The number of rotatable bonds is 4. The summed E-state index contributed by atoms with van der Waals surface area (Å²) in [7, 11) is 0. The molecular formula is C21H15N3O3S2. The van der Waals surface area contributed by atoms with E-state index in [4.69, 9.17) is 5.26 Å². The van der Waals surface area contributed by atoms with E-state index in [0.29, 0.717) is 21.8 Å². The second kappa shape index (κ2) is 7.28. The summed E-state index contributed by atoms with van der Waals surface area (Å²) in [6, 6.07) is 11.4. The van der Waals surface area contributed by atoms with Crippen molar-refractivity contribution in [3.05, 3.63) is 79.1 Å². The Kier molecular flexibility index (Phi) is 4.78. The number of carbonyl (C=O) groups is 2. The molecule has 0 bridgehead atoms. The quantitative estimate of drug-likeness (QED) is 0.627. The zero-order valence-electron chi connectivity index (χ0n) is 15.5. The first-order valence-electron chi connectivity index (χ1n) is 8.71. The lowest BCUT2D eigenvalue weighted by Gasteiger charge is -2.25. The van der Waals surface area contributed by atoms with Gasteiger partial charge in [-0.05, 0) is 49.6 Å². The summed E-state index contributed by atoms with van der Waals surface area (Å²) in [4.78, 5) is 33.2. The zero-order valence-corrected chi connectivity index (χ0v) is 17.2. The molecule has 3 heterocycles. The molecule has 3 aromatic rings. The molecule has 1 N–H and O–H groups in total. The molecule has 1 aliphatic heterocycles. The van der Waals surface area contributed by atoms with E-state index >= 15 is 0 Å². The lowest BCUT2D eigenvalue weighted by molar-refractivity contribution is -0.117. The number of nitrogens with zero attached hydrogens (tertiary/aromatic N) is 3. The minimum atomic E-state index is -0.746. The molecule has 4 rings (SSSR count). The summed E-state index contributed by atoms with van der Waals surface area (Å²) in [5.41, 5.74) is 1.58. The monoisotopic (exact) mass is 421 g/mol. The normalized spacial score (nSPS) is 16.4. The fraction of sp³-hybridized carbons (Fsp3) is 0.143. The van der Waals surface area contributed by atoms with Crippen LogP contribution in [-0.4, -0.2) is 21.8 Å². The molecule has 0 saturated heterocycles. The van der Waals surface area contributed by atoms with Gasteiger partial charge in [0.05, 0.1) is 32.8 Å². The molecule has 1 amide bonds. The van der Waals surface area contributed by atoms with Crippen molar-refractivity contribution >= 4 is 40.1 Å². The Morgan fingerprint density at radius 1 is 1.24 bits per heavy atom. The van der Waals surface area contributed by atoms with Crippen LogP contribution < -0.4 is 4.90 Å². The van der Waals surface area contributed by atoms with Crippen LogP contribution in [0.15, 0.2) is 53.1 Å². The Morgan fingerprint density at radius 3 is 2.52 bits per heavy atom. The third kappa shape index (κ3) is 3.14. The first kappa shape index (κ1) is 19.1. The Balaban J connectivity index is 1.85. The number of benzene rings is 1. The number of aromatic nitrogens is 1. The van der Waals surface area contributed by atoms with E-state index in [0.717, 1.165) is 9.88 Å². The van der Waals surface area contributed by atoms with Crippen LogP contribution in [0.3, 0.4) is 0 Å². The van der Waals surface area contributed by atoms with Crippen molar-refractivity contribution in [3.8, 4) is 6.07 Å². The minimum Gasteiger partial charge on any atom is -0.503 e. The molecule has 0 fully saturated rings. The molecule has 2 aromatic heterocycles. The van der Waals surface area contributed by atoms with Gasteiger partial charge in [-0.3, -0.25) is 14.5 Å². The highest BCUT2D eigenvalue weighted by molar-refractivity contribution is 7.14. The summed E-state index contributed by atoms with van der Waals surface area (Å²) in [6.45, 7) is 3.55. The molecule has 0 radical (unpaired) electrons. The van der Waals surface area contributed by atoms with Crippen molar-refractivity contribution in [2.45, 2.75) is 19.9 Å². The number of amides is 1. The summed E-state index contributed by atoms with van der Waals surface area (Å²) in [5, 5.41) is 22.3. The molecule has 6 nitrogen and oxygen atoms in total. The second-order valence-corrected chi connectivity index (χ2v) is 8.67. The number of aliphatic hydroxyl groups excluding tert-OH is 1. The third-order valence-corrected chi connectivity index (χ3v) is 6.65. The molecule has 29 heavy (non-hydrogen) atoms. The van der Waals surface area contributed by atoms with E-state index in [9.17, 15) is 14.7 Å². The van der Waals surface area contributed by atoms with Gasteiger partial charge in [-0.2, -0.15) is 5.26 Å². The molecule has 0 spiro atoms. The second-order valence-electron chi connectivity index (χ2n) is 6.49. The van der Waals surface area contributed by atoms with E-state index in [1.54, 1.807) is 31.2 Å². The van der Waals surface area contributed by atoms with Gasteiger partial charge in [0, 0.05) is 10.6 Å². The largest absolute Gasteiger partial charge is 0.503 e. The van der Waals surface area contributed by atoms with Gasteiger partial charge in [-0.25, -0.2) is 4.98 Å². The zero-order chi connectivity index (χ0) is 20.7. The van der Waals surface area contributed by atoms with E-state index in [-0.39, 0.29) is 5.57 Å². The fourth-order valence-electron chi connectivity index (χ4n) is 3.38. The van der Waals surface area contributed by atoms with Crippen LogP contribution in [0.1, 0.15) is 36.9 Å². The van der Waals surface area contributed by atoms with Crippen LogP contribution >= 0.6 is 22.7 Å². The molecular weight excluding hydrogens is 406 g/mol. The third-order valence-electron chi connectivity index (χ3n) is 4.65. The smallest absolute Gasteiger partial charge is 0.294 e. The molecule has 1 unspecified atom stereocenters. The summed E-state index contributed by atoms with van der Waals surface area (Å²) < 4.78 is 0. The Labute approximate surface area is 175 Å². The van der Waals surface area contributed by atoms with Gasteiger partial charge in [-0.1, -0.05) is 6.07 Å². The summed E-state index contributed by atoms with van der Waals surface area (Å²) in [6.07, 6.45) is 0. The van der Waals surface area contributed by atoms with Crippen LogP contribution in [0.2, 0.25) is 0 Å². The predicted octanol–water partition coefficient (Wildman–Crippen LogP) is 4.48. The lowest BCUT2D eigenvalue weighted by Crippen LogP contribution is -2.30. The minimum absolute atomic E-state index is 0.0496. The predicted molar refractivity (Wildman–Crippen MR) is 111 cm³/mol. The Hall–Kier alpha value is -3.28. The van der Waals surface area contributed by atoms with Gasteiger partial charge >= 0.3 is 0 Å². The number of anilines is 1. The van der Waals surface area contributed by atoms with E-state index in [1.807, 2.05) is 30.5 Å². The maximum Gasteiger partial charge on any atom is 0.294 e. The molecule has 0 saturated carbocycles. The molecule has 1 aromatic carbocycles. The Morgan fingerprint density at radius 2 is 1.97 bits per heavy atom. The molecule has 144 valence electrons. The number of nitriles is 1. The van der Waals surface area contributed by atoms with Crippen LogP contribution in [0, 0.1) is 25.2 Å². The number of aryl methyl sites for hydroxylation is 2. The van der Waals surface area contributed by atoms with Crippen LogP contribution in [0.5, 0.6) is 0 Å². The van der Waals surface area contributed by atoms with Gasteiger partial charge in [0.15, 0.2) is 5.76 Å². The topological polar surface area (TPSA) is 94.3 Å². The number of aliphatic hydroxyl groups is 1. The standard InChI is InChI=1S/C21H15N3O3S2/c1-11-20(29-12(2)23-11)18(25)16-17(15-4-3-9-28-15)24(21(27)19(16)26)14-7-5-13(10-22)6-8-14/h3-9,17,26H,1-2H3. The van der Waals surface area contributed by atoms with Gasteiger partial charge in [0.2, 0.25) is 5.78 Å². The van der Waals surface area contributed by atoms with Crippen LogP contribution in [0.25, 0.3) is 0 Å². The number of carbonyl (C=O) groups excluding carboxylic acids is 2. The molecule has 1 aliphatic rings. The van der Waals surface area contributed by atoms with Crippen molar-refractivity contribution in [3.63, 3.8) is 0 Å². The lowest BCUT2D eigenvalue weighted by atomic mass is 10.00. The first-order chi connectivity index (χ1) is 13.9. The first-order valence-corrected chi connectivity index (χ1v) is 10.4. The van der Waals surface area contributed by atoms with Gasteiger partial charge in [0.25, 0.3) is 5.91 Å². The van der Waals surface area contributed by atoms with Crippen molar-refractivity contribution < 1.29 is 14.7 Å². The number of ketones is 1. The summed E-state index contributed by atoms with van der Waals surface area (Å²) >= 11 is 2.65. The highest BCUT2D eigenvalue weighted by atomic mass is 32.1. The number of hydrogen-bond acceptors (Lipinski definition) is 7. The molecule has 8 heteroatoms. The van der Waals surface area contributed by atoms with Crippen molar-refractivity contribution in [1.82, 2.24) is 4.98 Å². The van der Waals surface area contributed by atoms with Gasteiger partial charge < -0.3 is 5.11 Å². The van der Waals surface area contributed by atoms with Gasteiger partial charge in [-0.15, -0.1) is 22.7 Å². The van der Waals surface area contributed by atoms with E-state index < -0.39 is 23.5 Å². The number of Topliss-reactive ketones (excluding diaryl/α,β-unsaturated/α-hetero) is 1. The van der Waals surface area contributed by atoms with E-state index in [1.165, 1.54) is 27.6 Å². The van der Waals surface area contributed by atoms with Crippen LogP contribution in [0.4, 0.5) is 5.69 Å². The highest BCUT2D eigenvalue weighted by Gasteiger charge is 2.45. The number of hydrogen-bond donors (Lipinski definition) is 1. The maximum absolute atomic E-state index is 13.4. The van der Waals surface area contributed by atoms with E-state index in [2.05, 4.69) is 4.98 Å². The fourth-order valence-corrected chi connectivity index (χ4v) is 5.08.